The molecule has 0 spiro atoms. The third-order valence-electron chi connectivity index (χ3n) is 7.33. The number of aliphatic carboxylic acids is 2. The molecule has 2 atom stereocenters. The Labute approximate surface area is 317 Å². The predicted octanol–water partition coefficient (Wildman–Crippen LogP) is 9.37. The standard InChI is InChI=1S/2C15H8Cl3F3N2O3/c16-9-2-6-1-8(14(24)25)11(15(19,20)21)26-10(6)3-7(9)4-23-5-22-12(17)13(23)18;16-9-1-2-10-6(8(9)4-23-5-22-12(17)13(23)18)3-7(14(24)25)11(26-10)15(19,20)21/h2*1-3,5,11H,4H2,(H,24,25). The van der Waals surface area contributed by atoms with Gasteiger partial charge in [-0.15, -0.1) is 0 Å². The number of aromatic nitrogens is 4. The van der Waals surface area contributed by atoms with Crippen molar-refractivity contribution in [2.75, 3.05) is 0 Å². The topological polar surface area (TPSA) is 129 Å². The second kappa shape index (κ2) is 14.9. The third kappa shape index (κ3) is 8.21. The van der Waals surface area contributed by atoms with Crippen molar-refractivity contribution in [2.45, 2.75) is 37.7 Å². The average Bonchev–Trinajstić information content (AvgIpc) is 3.55. The minimum absolute atomic E-state index is 0.00397. The molecule has 2 aromatic heterocycles. The molecule has 0 aliphatic carbocycles. The highest BCUT2D eigenvalue weighted by molar-refractivity contribution is 6.41. The molecule has 2 aliphatic heterocycles. The summed E-state index contributed by atoms with van der Waals surface area (Å²) in [6.45, 7) is 0.0875. The van der Waals surface area contributed by atoms with Gasteiger partial charge in [-0.2, -0.15) is 26.3 Å². The molecule has 0 bridgehead atoms. The molecule has 0 amide bonds. The molecule has 22 heteroatoms. The van der Waals surface area contributed by atoms with Crippen molar-refractivity contribution in [3.8, 4) is 11.5 Å². The molecule has 0 saturated heterocycles. The number of carboxylic acids is 2. The Morgan fingerprint density at radius 3 is 1.69 bits per heavy atom. The Morgan fingerprint density at radius 1 is 0.712 bits per heavy atom. The zero-order chi connectivity index (χ0) is 38.4. The lowest BCUT2D eigenvalue weighted by Gasteiger charge is -2.28. The van der Waals surface area contributed by atoms with E-state index in [0.29, 0.717) is 11.1 Å². The zero-order valence-corrected chi connectivity index (χ0v) is 29.6. The molecule has 10 nitrogen and oxygen atoms in total. The summed E-state index contributed by atoms with van der Waals surface area (Å²) in [5, 5.41) is 18.9. The normalized spacial score (nSPS) is 16.7. The summed E-state index contributed by atoms with van der Waals surface area (Å²) in [6, 6.07) is 5.23. The molecular weight excluding hydrogens is 839 g/mol. The quantitative estimate of drug-likeness (QED) is 0.184. The number of carbonyl (C=O) groups is 2. The monoisotopic (exact) mass is 852 g/mol. The van der Waals surface area contributed by atoms with Crippen LogP contribution in [0.25, 0.3) is 12.2 Å². The number of hydrogen-bond donors (Lipinski definition) is 2. The fourth-order valence-electron chi connectivity index (χ4n) is 4.93. The first-order chi connectivity index (χ1) is 24.2. The molecule has 0 saturated carbocycles. The van der Waals surface area contributed by atoms with Gasteiger partial charge in [0, 0.05) is 26.7 Å². The van der Waals surface area contributed by atoms with Crippen LogP contribution < -0.4 is 9.47 Å². The van der Waals surface area contributed by atoms with Crippen molar-refractivity contribution in [1.82, 2.24) is 19.1 Å². The summed E-state index contributed by atoms with van der Waals surface area (Å²) in [5.74, 6) is -3.75. The van der Waals surface area contributed by atoms with Crippen molar-refractivity contribution in [2.24, 2.45) is 0 Å². The smallest absolute Gasteiger partial charge is 0.430 e. The molecule has 4 aromatic rings. The van der Waals surface area contributed by atoms with Crippen molar-refractivity contribution < 1.29 is 55.6 Å². The van der Waals surface area contributed by atoms with Crippen LogP contribution in [0.2, 0.25) is 30.7 Å². The van der Waals surface area contributed by atoms with E-state index in [-0.39, 0.29) is 66.4 Å². The van der Waals surface area contributed by atoms with Gasteiger partial charge in [-0.25, -0.2) is 19.6 Å². The lowest BCUT2D eigenvalue weighted by molar-refractivity contribution is -0.187. The van der Waals surface area contributed by atoms with Crippen LogP contribution in [0.4, 0.5) is 26.3 Å². The van der Waals surface area contributed by atoms with E-state index in [1.54, 1.807) is 0 Å². The molecule has 2 aromatic carbocycles. The Morgan fingerprint density at radius 2 is 1.21 bits per heavy atom. The Hall–Kier alpha value is -3.80. The van der Waals surface area contributed by atoms with E-state index in [4.69, 9.17) is 89.3 Å². The van der Waals surface area contributed by atoms with Gasteiger partial charge in [0.2, 0.25) is 12.2 Å². The van der Waals surface area contributed by atoms with Crippen molar-refractivity contribution in [3.63, 3.8) is 0 Å². The van der Waals surface area contributed by atoms with Gasteiger partial charge in [0.25, 0.3) is 0 Å². The third-order valence-corrected chi connectivity index (χ3v) is 9.57. The lowest BCUT2D eigenvalue weighted by atomic mass is 9.97. The van der Waals surface area contributed by atoms with E-state index in [0.717, 1.165) is 12.2 Å². The van der Waals surface area contributed by atoms with Crippen molar-refractivity contribution >= 4 is 93.7 Å². The molecule has 2 N–H and O–H groups in total. The highest BCUT2D eigenvalue weighted by Crippen LogP contribution is 2.42. The maximum atomic E-state index is 13.1. The molecule has 6 rings (SSSR count). The van der Waals surface area contributed by atoms with Crippen LogP contribution in [-0.2, 0) is 22.7 Å². The molecule has 2 aliphatic rings. The van der Waals surface area contributed by atoms with E-state index in [9.17, 15) is 35.9 Å². The number of carboxylic acid groups (broad SMARTS) is 2. The van der Waals surface area contributed by atoms with Crippen LogP contribution >= 0.6 is 69.6 Å². The number of imidazole rings is 2. The second-order valence-electron chi connectivity index (χ2n) is 10.7. The molecule has 2 unspecified atom stereocenters. The average molecular weight is 855 g/mol. The number of halogens is 12. The number of alkyl halides is 6. The van der Waals surface area contributed by atoms with E-state index in [1.807, 2.05) is 0 Å². The summed E-state index contributed by atoms with van der Waals surface area (Å²) >= 11 is 35.8. The highest BCUT2D eigenvalue weighted by Gasteiger charge is 2.49. The summed E-state index contributed by atoms with van der Waals surface area (Å²) in [6.07, 6.45) is -10.4. The minimum atomic E-state index is -4.89. The van der Waals surface area contributed by atoms with Gasteiger partial charge in [-0.05, 0) is 42.0 Å². The van der Waals surface area contributed by atoms with Gasteiger partial charge in [-0.1, -0.05) is 69.6 Å². The summed E-state index contributed by atoms with van der Waals surface area (Å²) in [7, 11) is 0. The first-order valence-corrected chi connectivity index (χ1v) is 16.2. The molecule has 52 heavy (non-hydrogen) atoms. The van der Waals surface area contributed by atoms with Crippen LogP contribution in [0, 0.1) is 0 Å². The van der Waals surface area contributed by atoms with Crippen LogP contribution in [0.5, 0.6) is 11.5 Å². The fraction of sp³-hybridized carbons (Fsp3) is 0.200. The van der Waals surface area contributed by atoms with Crippen LogP contribution in [0.15, 0.2) is 48.1 Å². The second-order valence-corrected chi connectivity index (χ2v) is 13.0. The number of fused-ring (bicyclic) bond motifs is 2. The number of ether oxygens (including phenoxy) is 2. The predicted molar refractivity (Wildman–Crippen MR) is 178 cm³/mol. The first kappa shape index (κ1) is 39.4. The number of hydrogen-bond acceptors (Lipinski definition) is 6. The van der Waals surface area contributed by atoms with Gasteiger partial charge >= 0.3 is 24.3 Å². The summed E-state index contributed by atoms with van der Waals surface area (Å²) < 4.78 is 91.5. The van der Waals surface area contributed by atoms with Gasteiger partial charge < -0.3 is 28.8 Å². The van der Waals surface area contributed by atoms with Crippen molar-refractivity contribution in [3.05, 3.63) is 101 Å². The van der Waals surface area contributed by atoms with E-state index >= 15 is 0 Å². The van der Waals surface area contributed by atoms with E-state index in [1.165, 1.54) is 46.1 Å². The van der Waals surface area contributed by atoms with E-state index in [2.05, 4.69) is 9.97 Å². The molecular formula is C30H16Cl6F6N4O6. The Kier molecular flexibility index (Phi) is 11.3. The molecule has 4 heterocycles. The number of benzene rings is 2. The zero-order valence-electron chi connectivity index (χ0n) is 25.0. The summed E-state index contributed by atoms with van der Waals surface area (Å²) in [4.78, 5) is 30.0. The Bertz CT molecular complexity index is 2150. The van der Waals surface area contributed by atoms with E-state index < -0.39 is 47.6 Å². The van der Waals surface area contributed by atoms with Crippen molar-refractivity contribution in [1.29, 1.82) is 0 Å². The fourth-order valence-corrected chi connectivity index (χ4v) is 6.00. The van der Waals surface area contributed by atoms with Gasteiger partial charge in [0.15, 0.2) is 10.3 Å². The van der Waals surface area contributed by atoms with Gasteiger partial charge in [0.05, 0.1) is 36.9 Å². The lowest BCUT2D eigenvalue weighted by Crippen LogP contribution is -2.40. The van der Waals surface area contributed by atoms with Crippen LogP contribution in [-0.4, -0.2) is 65.8 Å². The minimum Gasteiger partial charge on any atom is -0.478 e. The van der Waals surface area contributed by atoms with Crippen LogP contribution in [0.3, 0.4) is 0 Å². The highest BCUT2D eigenvalue weighted by atomic mass is 35.5. The first-order valence-electron chi connectivity index (χ1n) is 13.9. The Balaban J connectivity index is 0.000000201. The number of nitrogens with zero attached hydrogens (tertiary/aromatic N) is 4. The molecule has 276 valence electrons. The van der Waals surface area contributed by atoms with Crippen LogP contribution in [0.1, 0.15) is 22.3 Å². The van der Waals surface area contributed by atoms with Gasteiger partial charge in [0.1, 0.15) is 21.8 Å². The maximum Gasteiger partial charge on any atom is 0.430 e. The largest absolute Gasteiger partial charge is 0.478 e. The molecule has 0 radical (unpaired) electrons. The van der Waals surface area contributed by atoms with Gasteiger partial charge in [-0.3, -0.25) is 0 Å². The summed E-state index contributed by atoms with van der Waals surface area (Å²) in [5.41, 5.74) is -0.891. The molecule has 0 fully saturated rings. The maximum absolute atomic E-state index is 13.1. The number of rotatable bonds is 6. The SMILES string of the molecule is O=C(O)C1=Cc2c(ccc(Cl)c2Cn2cnc(Cl)c2Cl)OC1C(F)(F)F.O=C(O)C1=Cc2cc(Cl)c(Cn3cnc(Cl)c3Cl)cc2OC1C(F)(F)F.